The lowest BCUT2D eigenvalue weighted by Crippen LogP contribution is -2.05. The molecule has 0 fully saturated rings. The van der Waals surface area contributed by atoms with Crippen LogP contribution in [0.1, 0.15) is 17.2 Å². The molecule has 2 aromatic rings. The Morgan fingerprint density at radius 2 is 1.86 bits per heavy atom. The van der Waals surface area contributed by atoms with Crippen molar-refractivity contribution in [3.05, 3.63) is 56.8 Å². The standard InChI is InChI=1S/C15H13BrClFO3/c1-20-12-6-4-9(15(21-2)13(12)17)14(19)10-7-8(18)3-5-11(10)16/h3-7,14,19H,1-2H3. The van der Waals surface area contributed by atoms with Gasteiger partial charge < -0.3 is 14.6 Å². The van der Waals surface area contributed by atoms with Crippen molar-refractivity contribution >= 4 is 27.5 Å². The van der Waals surface area contributed by atoms with Crippen LogP contribution in [0.15, 0.2) is 34.8 Å². The molecule has 0 saturated heterocycles. The Morgan fingerprint density at radius 1 is 1.14 bits per heavy atom. The SMILES string of the molecule is COc1ccc(C(O)c2cc(F)ccc2Br)c(OC)c1Cl. The molecule has 2 rings (SSSR count). The molecule has 2 aromatic carbocycles. The minimum Gasteiger partial charge on any atom is -0.495 e. The Kier molecular flexibility index (Phi) is 5.08. The van der Waals surface area contributed by atoms with E-state index in [0.717, 1.165) is 0 Å². The highest BCUT2D eigenvalue weighted by molar-refractivity contribution is 9.10. The summed E-state index contributed by atoms with van der Waals surface area (Å²) in [6.45, 7) is 0. The van der Waals surface area contributed by atoms with Gasteiger partial charge in [0.2, 0.25) is 0 Å². The van der Waals surface area contributed by atoms with Crippen molar-refractivity contribution in [2.24, 2.45) is 0 Å². The van der Waals surface area contributed by atoms with Gasteiger partial charge in [-0.1, -0.05) is 27.5 Å². The van der Waals surface area contributed by atoms with Crippen LogP contribution in [0.5, 0.6) is 11.5 Å². The van der Waals surface area contributed by atoms with Crippen molar-refractivity contribution in [3.63, 3.8) is 0 Å². The maximum Gasteiger partial charge on any atom is 0.147 e. The molecule has 21 heavy (non-hydrogen) atoms. The second-order valence-corrected chi connectivity index (χ2v) is 5.50. The quantitative estimate of drug-likeness (QED) is 0.864. The molecule has 112 valence electrons. The van der Waals surface area contributed by atoms with Gasteiger partial charge in [0, 0.05) is 15.6 Å². The maximum atomic E-state index is 13.4. The fraction of sp³-hybridized carbons (Fsp3) is 0.200. The molecule has 0 aliphatic carbocycles. The highest BCUT2D eigenvalue weighted by Gasteiger charge is 2.22. The molecule has 1 N–H and O–H groups in total. The number of aliphatic hydroxyl groups excluding tert-OH is 1. The lowest BCUT2D eigenvalue weighted by atomic mass is 10.00. The third-order valence-corrected chi connectivity index (χ3v) is 4.14. The number of benzene rings is 2. The molecule has 0 aliphatic rings. The first-order valence-corrected chi connectivity index (χ1v) is 7.20. The predicted octanol–water partition coefficient (Wildman–Crippen LogP) is 4.34. The van der Waals surface area contributed by atoms with Gasteiger partial charge in [-0.3, -0.25) is 0 Å². The second kappa shape index (κ2) is 6.64. The van der Waals surface area contributed by atoms with E-state index in [1.807, 2.05) is 0 Å². The van der Waals surface area contributed by atoms with Crippen molar-refractivity contribution in [1.29, 1.82) is 0 Å². The summed E-state index contributed by atoms with van der Waals surface area (Å²) in [7, 11) is 2.93. The monoisotopic (exact) mass is 374 g/mol. The number of ether oxygens (including phenoxy) is 2. The molecule has 0 radical (unpaired) electrons. The molecule has 1 atom stereocenters. The summed E-state index contributed by atoms with van der Waals surface area (Å²) in [5, 5.41) is 10.8. The van der Waals surface area contributed by atoms with Gasteiger partial charge in [-0.15, -0.1) is 0 Å². The summed E-state index contributed by atoms with van der Waals surface area (Å²) in [6.07, 6.45) is -1.09. The zero-order chi connectivity index (χ0) is 15.6. The molecule has 3 nitrogen and oxygen atoms in total. The molecule has 0 aromatic heterocycles. The fourth-order valence-electron chi connectivity index (χ4n) is 2.03. The van der Waals surface area contributed by atoms with Crippen LogP contribution in [0, 0.1) is 5.82 Å². The van der Waals surface area contributed by atoms with Gasteiger partial charge >= 0.3 is 0 Å². The number of halogens is 3. The van der Waals surface area contributed by atoms with Crippen LogP contribution in [0.4, 0.5) is 4.39 Å². The number of aliphatic hydroxyl groups is 1. The van der Waals surface area contributed by atoms with Crippen LogP contribution in [-0.2, 0) is 0 Å². The predicted molar refractivity (Wildman–Crippen MR) is 82.7 cm³/mol. The Balaban J connectivity index is 2.55. The first-order chi connectivity index (χ1) is 9.99. The molecule has 0 amide bonds. The van der Waals surface area contributed by atoms with Gasteiger partial charge in [-0.25, -0.2) is 4.39 Å². The van der Waals surface area contributed by atoms with Gasteiger partial charge in [0.05, 0.1) is 14.2 Å². The van der Waals surface area contributed by atoms with Gasteiger partial charge in [-0.05, 0) is 30.3 Å². The van der Waals surface area contributed by atoms with Gasteiger partial charge in [0.1, 0.15) is 28.4 Å². The maximum absolute atomic E-state index is 13.4. The average molecular weight is 376 g/mol. The van der Waals surface area contributed by atoms with Crippen molar-refractivity contribution < 1.29 is 19.0 Å². The van der Waals surface area contributed by atoms with E-state index in [-0.39, 0.29) is 5.02 Å². The molecule has 6 heteroatoms. The topological polar surface area (TPSA) is 38.7 Å². The first kappa shape index (κ1) is 16.1. The van der Waals surface area contributed by atoms with Crippen molar-refractivity contribution in [3.8, 4) is 11.5 Å². The highest BCUT2D eigenvalue weighted by atomic mass is 79.9. The summed E-state index contributed by atoms with van der Waals surface area (Å²) in [6, 6.07) is 7.35. The van der Waals surface area contributed by atoms with Crippen LogP contribution < -0.4 is 9.47 Å². The number of hydrogen-bond donors (Lipinski definition) is 1. The molecule has 0 heterocycles. The van der Waals surface area contributed by atoms with Crippen LogP contribution in [0.3, 0.4) is 0 Å². The second-order valence-electron chi connectivity index (χ2n) is 4.27. The number of methoxy groups -OCH3 is 2. The Morgan fingerprint density at radius 3 is 2.48 bits per heavy atom. The molecule has 1 unspecified atom stereocenters. The Bertz CT molecular complexity index is 664. The largest absolute Gasteiger partial charge is 0.495 e. The smallest absolute Gasteiger partial charge is 0.147 e. The van der Waals surface area contributed by atoms with E-state index in [1.165, 1.54) is 32.4 Å². The summed E-state index contributed by atoms with van der Waals surface area (Å²) in [5.41, 5.74) is 0.809. The van der Waals surface area contributed by atoms with Crippen LogP contribution in [-0.4, -0.2) is 19.3 Å². The van der Waals surface area contributed by atoms with Crippen LogP contribution in [0.25, 0.3) is 0 Å². The van der Waals surface area contributed by atoms with Crippen LogP contribution >= 0.6 is 27.5 Å². The average Bonchev–Trinajstić information content (AvgIpc) is 2.48. The van der Waals surface area contributed by atoms with E-state index in [1.54, 1.807) is 12.1 Å². The van der Waals surface area contributed by atoms with E-state index in [4.69, 9.17) is 21.1 Å². The fourth-order valence-corrected chi connectivity index (χ4v) is 2.81. The van der Waals surface area contributed by atoms with E-state index in [0.29, 0.717) is 27.1 Å². The highest BCUT2D eigenvalue weighted by Crippen LogP contribution is 2.42. The third-order valence-electron chi connectivity index (χ3n) is 3.06. The van der Waals surface area contributed by atoms with Gasteiger partial charge in [0.25, 0.3) is 0 Å². The van der Waals surface area contributed by atoms with Crippen LogP contribution in [0.2, 0.25) is 5.02 Å². The first-order valence-electron chi connectivity index (χ1n) is 6.03. The van der Waals surface area contributed by atoms with Crippen molar-refractivity contribution in [2.45, 2.75) is 6.10 Å². The molecular formula is C15H13BrClFO3. The minimum absolute atomic E-state index is 0.254. The zero-order valence-corrected chi connectivity index (χ0v) is 13.7. The molecule has 0 spiro atoms. The van der Waals surface area contributed by atoms with E-state index >= 15 is 0 Å². The molecule has 0 bridgehead atoms. The number of hydrogen-bond acceptors (Lipinski definition) is 3. The Hall–Kier alpha value is -1.30. The van der Waals surface area contributed by atoms with E-state index in [9.17, 15) is 9.50 Å². The summed E-state index contributed by atoms with van der Waals surface area (Å²) in [5.74, 6) is 0.285. The minimum atomic E-state index is -1.09. The van der Waals surface area contributed by atoms with Crippen molar-refractivity contribution in [1.82, 2.24) is 0 Å². The Labute approximate surface area is 135 Å². The molecule has 0 saturated carbocycles. The lowest BCUT2D eigenvalue weighted by molar-refractivity contribution is 0.213. The number of rotatable bonds is 4. The van der Waals surface area contributed by atoms with Gasteiger partial charge in [-0.2, -0.15) is 0 Å². The van der Waals surface area contributed by atoms with E-state index < -0.39 is 11.9 Å². The van der Waals surface area contributed by atoms with Crippen molar-refractivity contribution in [2.75, 3.05) is 14.2 Å². The normalized spacial score (nSPS) is 12.1. The summed E-state index contributed by atoms with van der Waals surface area (Å²) < 4.78 is 24.3. The molecule has 0 aliphatic heterocycles. The summed E-state index contributed by atoms with van der Waals surface area (Å²) >= 11 is 9.47. The molecular weight excluding hydrogens is 363 g/mol. The van der Waals surface area contributed by atoms with E-state index in [2.05, 4.69) is 15.9 Å². The van der Waals surface area contributed by atoms with Gasteiger partial charge in [0.15, 0.2) is 0 Å². The lowest BCUT2D eigenvalue weighted by Gasteiger charge is -2.18. The third kappa shape index (κ3) is 3.15. The summed E-state index contributed by atoms with van der Waals surface area (Å²) in [4.78, 5) is 0. The zero-order valence-electron chi connectivity index (χ0n) is 11.4.